The van der Waals surface area contributed by atoms with Gasteiger partial charge in [0.2, 0.25) is 0 Å². The van der Waals surface area contributed by atoms with E-state index in [2.05, 4.69) is 22.0 Å². The lowest BCUT2D eigenvalue weighted by Gasteiger charge is -2.28. The van der Waals surface area contributed by atoms with Crippen LogP contribution in [-0.2, 0) is 10.0 Å². The largest absolute Gasteiger partial charge is 0.352 e. The molecule has 0 atom stereocenters. The number of rotatable bonds is 7. The Bertz CT molecular complexity index is 841. The van der Waals surface area contributed by atoms with Crippen LogP contribution in [0.1, 0.15) is 29.6 Å². The second kappa shape index (κ2) is 8.86. The van der Waals surface area contributed by atoms with Gasteiger partial charge in [0, 0.05) is 17.8 Å². The molecule has 1 aliphatic heterocycles. The number of benzene rings is 1. The Morgan fingerprint density at radius 1 is 1.19 bits per heavy atom. The first-order valence-electron chi connectivity index (χ1n) is 9.07. The van der Waals surface area contributed by atoms with E-state index >= 15 is 0 Å². The lowest BCUT2D eigenvalue weighted by Crippen LogP contribution is -2.32. The summed E-state index contributed by atoms with van der Waals surface area (Å²) in [6, 6.07) is 9.74. The van der Waals surface area contributed by atoms with E-state index in [9.17, 15) is 13.2 Å². The van der Waals surface area contributed by atoms with Crippen molar-refractivity contribution in [2.75, 3.05) is 31.4 Å². The van der Waals surface area contributed by atoms with Gasteiger partial charge in [-0.2, -0.15) is 0 Å². The molecule has 1 aromatic carbocycles. The summed E-state index contributed by atoms with van der Waals surface area (Å²) >= 11 is 1.16. The maximum atomic E-state index is 12.3. The SMILES string of the molecule is CN1CCC(CCNC(=O)c2ccc(NS(=O)(=O)c3cccs3)cc2)CC1. The number of piperidine rings is 1. The van der Waals surface area contributed by atoms with E-state index in [1.807, 2.05) is 0 Å². The van der Waals surface area contributed by atoms with Crippen LogP contribution in [0.2, 0.25) is 0 Å². The van der Waals surface area contributed by atoms with Crippen LogP contribution in [0.3, 0.4) is 0 Å². The van der Waals surface area contributed by atoms with Crippen LogP contribution in [0.15, 0.2) is 46.0 Å². The van der Waals surface area contributed by atoms with Crippen molar-refractivity contribution in [3.63, 3.8) is 0 Å². The predicted molar refractivity (Wildman–Crippen MR) is 109 cm³/mol. The highest BCUT2D eigenvalue weighted by atomic mass is 32.2. The summed E-state index contributed by atoms with van der Waals surface area (Å²) in [7, 11) is -1.43. The first-order valence-corrected chi connectivity index (χ1v) is 11.4. The van der Waals surface area contributed by atoms with Crippen LogP contribution in [0.4, 0.5) is 5.69 Å². The molecule has 0 spiro atoms. The predicted octanol–water partition coefficient (Wildman–Crippen LogP) is 3.01. The standard InChI is InChI=1S/C19H25N3O3S2/c1-22-12-9-15(10-13-22)8-11-20-19(23)16-4-6-17(7-5-16)21-27(24,25)18-3-2-14-26-18/h2-7,14-15,21H,8-13H2,1H3,(H,20,23). The minimum atomic E-state index is -3.57. The van der Waals surface area contributed by atoms with E-state index in [0.717, 1.165) is 30.8 Å². The molecule has 1 aromatic heterocycles. The Kier molecular flexibility index (Phi) is 6.51. The lowest BCUT2D eigenvalue weighted by molar-refractivity contribution is 0.0949. The number of hydrogen-bond acceptors (Lipinski definition) is 5. The van der Waals surface area contributed by atoms with Crippen LogP contribution in [0.25, 0.3) is 0 Å². The van der Waals surface area contributed by atoms with E-state index in [4.69, 9.17) is 0 Å². The monoisotopic (exact) mass is 407 g/mol. The maximum absolute atomic E-state index is 12.3. The Hall–Kier alpha value is -1.90. The van der Waals surface area contributed by atoms with Crippen molar-refractivity contribution in [1.29, 1.82) is 0 Å². The second-order valence-electron chi connectivity index (χ2n) is 6.91. The Morgan fingerprint density at radius 3 is 2.52 bits per heavy atom. The van der Waals surface area contributed by atoms with Gasteiger partial charge in [0.1, 0.15) is 4.21 Å². The van der Waals surface area contributed by atoms with Gasteiger partial charge >= 0.3 is 0 Å². The van der Waals surface area contributed by atoms with Crippen LogP contribution < -0.4 is 10.0 Å². The molecule has 6 nitrogen and oxygen atoms in total. The minimum Gasteiger partial charge on any atom is -0.352 e. The van der Waals surface area contributed by atoms with Crippen molar-refractivity contribution in [2.45, 2.75) is 23.5 Å². The summed E-state index contributed by atoms with van der Waals surface area (Å²) in [6.07, 6.45) is 3.37. The van der Waals surface area contributed by atoms with Crippen molar-refractivity contribution in [3.8, 4) is 0 Å². The molecule has 0 saturated carbocycles. The Labute approximate surface area is 164 Å². The topological polar surface area (TPSA) is 78.5 Å². The van der Waals surface area contributed by atoms with E-state index in [-0.39, 0.29) is 10.1 Å². The van der Waals surface area contributed by atoms with Gasteiger partial charge in [0.05, 0.1) is 0 Å². The van der Waals surface area contributed by atoms with Crippen LogP contribution in [0, 0.1) is 5.92 Å². The molecule has 1 fully saturated rings. The third-order valence-electron chi connectivity index (χ3n) is 4.84. The summed E-state index contributed by atoms with van der Waals surface area (Å²) < 4.78 is 27.2. The number of thiophene rings is 1. The minimum absolute atomic E-state index is 0.129. The van der Waals surface area contributed by atoms with Gasteiger partial charge in [-0.05, 0) is 81.0 Å². The summed E-state index contributed by atoms with van der Waals surface area (Å²) in [5.74, 6) is 0.547. The number of nitrogens with one attached hydrogen (secondary N) is 2. The van der Waals surface area contributed by atoms with Crippen molar-refractivity contribution in [1.82, 2.24) is 10.2 Å². The molecule has 0 aliphatic carbocycles. The summed E-state index contributed by atoms with van der Waals surface area (Å²) in [6.45, 7) is 2.92. The summed E-state index contributed by atoms with van der Waals surface area (Å²) in [5, 5.41) is 4.67. The van der Waals surface area contributed by atoms with Crippen molar-refractivity contribution >= 4 is 33.0 Å². The normalized spacial score (nSPS) is 16.2. The van der Waals surface area contributed by atoms with Crippen molar-refractivity contribution in [2.24, 2.45) is 5.92 Å². The van der Waals surface area contributed by atoms with Gasteiger partial charge in [0.25, 0.3) is 15.9 Å². The molecule has 1 saturated heterocycles. The average molecular weight is 408 g/mol. The Balaban J connectivity index is 1.49. The number of carbonyl (C=O) groups excluding carboxylic acids is 1. The van der Waals surface area contributed by atoms with E-state index in [1.54, 1.807) is 41.8 Å². The molecular formula is C19H25N3O3S2. The fraction of sp³-hybridized carbons (Fsp3) is 0.421. The molecule has 0 unspecified atom stereocenters. The van der Waals surface area contributed by atoms with Gasteiger partial charge in [-0.3, -0.25) is 9.52 Å². The summed E-state index contributed by atoms with van der Waals surface area (Å²) in [4.78, 5) is 14.6. The zero-order valence-corrected chi connectivity index (χ0v) is 17.0. The smallest absolute Gasteiger partial charge is 0.271 e. The third kappa shape index (κ3) is 5.54. The number of likely N-dealkylation sites (tertiary alicyclic amines) is 1. The molecule has 0 radical (unpaired) electrons. The first-order chi connectivity index (χ1) is 12.9. The molecule has 27 heavy (non-hydrogen) atoms. The molecule has 0 bridgehead atoms. The Morgan fingerprint density at radius 2 is 1.89 bits per heavy atom. The fourth-order valence-electron chi connectivity index (χ4n) is 3.15. The third-order valence-corrected chi connectivity index (χ3v) is 7.61. The molecule has 1 amide bonds. The van der Waals surface area contributed by atoms with Gasteiger partial charge in [-0.15, -0.1) is 11.3 Å². The molecule has 2 heterocycles. The summed E-state index contributed by atoms with van der Waals surface area (Å²) in [5.41, 5.74) is 0.962. The molecule has 146 valence electrons. The molecule has 2 N–H and O–H groups in total. The average Bonchev–Trinajstić information content (AvgIpc) is 3.19. The number of amides is 1. The zero-order valence-electron chi connectivity index (χ0n) is 15.3. The highest BCUT2D eigenvalue weighted by Gasteiger charge is 2.17. The van der Waals surface area contributed by atoms with Crippen LogP contribution in [-0.4, -0.2) is 45.9 Å². The number of nitrogens with zero attached hydrogens (tertiary/aromatic N) is 1. The van der Waals surface area contributed by atoms with Gasteiger partial charge in [0.15, 0.2) is 0 Å². The molecule has 2 aromatic rings. The van der Waals surface area contributed by atoms with Crippen molar-refractivity contribution in [3.05, 3.63) is 47.3 Å². The quantitative estimate of drug-likeness (QED) is 0.740. The van der Waals surface area contributed by atoms with Crippen molar-refractivity contribution < 1.29 is 13.2 Å². The number of sulfonamides is 1. The highest BCUT2D eigenvalue weighted by molar-refractivity contribution is 7.94. The highest BCUT2D eigenvalue weighted by Crippen LogP contribution is 2.21. The number of hydrogen-bond donors (Lipinski definition) is 2. The van der Waals surface area contributed by atoms with Gasteiger partial charge < -0.3 is 10.2 Å². The van der Waals surface area contributed by atoms with Crippen LogP contribution >= 0.6 is 11.3 Å². The maximum Gasteiger partial charge on any atom is 0.271 e. The van der Waals surface area contributed by atoms with Gasteiger partial charge in [-0.25, -0.2) is 8.42 Å². The molecular weight excluding hydrogens is 382 g/mol. The molecule has 1 aliphatic rings. The van der Waals surface area contributed by atoms with E-state index in [0.29, 0.717) is 23.7 Å². The molecule has 3 rings (SSSR count). The van der Waals surface area contributed by atoms with Gasteiger partial charge in [-0.1, -0.05) is 6.07 Å². The lowest BCUT2D eigenvalue weighted by atomic mass is 9.94. The number of carbonyl (C=O) groups is 1. The molecule has 8 heteroatoms. The second-order valence-corrected chi connectivity index (χ2v) is 9.76. The van der Waals surface area contributed by atoms with Crippen LogP contribution in [0.5, 0.6) is 0 Å². The first kappa shape index (κ1) is 19.9. The van der Waals surface area contributed by atoms with E-state index < -0.39 is 10.0 Å². The zero-order chi connectivity index (χ0) is 19.3. The number of anilines is 1. The van der Waals surface area contributed by atoms with E-state index in [1.165, 1.54) is 12.8 Å². The fourth-order valence-corrected chi connectivity index (χ4v) is 5.21.